The predicted molar refractivity (Wildman–Crippen MR) is 76.3 cm³/mol. The van der Waals surface area contributed by atoms with Crippen LogP contribution in [0.15, 0.2) is 24.3 Å². The molecule has 100 valence electrons. The van der Waals surface area contributed by atoms with Gasteiger partial charge in [-0.25, -0.2) is 0 Å². The zero-order valence-corrected chi connectivity index (χ0v) is 12.0. The monoisotopic (exact) mass is 267 g/mol. The van der Waals surface area contributed by atoms with Crippen LogP contribution >= 0.6 is 11.6 Å². The van der Waals surface area contributed by atoms with E-state index in [4.69, 9.17) is 16.3 Å². The Morgan fingerprint density at radius 1 is 1.39 bits per heavy atom. The largest absolute Gasteiger partial charge is 0.372 e. The summed E-state index contributed by atoms with van der Waals surface area (Å²) in [6.07, 6.45) is 2.16. The van der Waals surface area contributed by atoms with Gasteiger partial charge in [0, 0.05) is 18.0 Å². The number of hydrogen-bond donors (Lipinski definition) is 1. The highest BCUT2D eigenvalue weighted by Gasteiger charge is 2.23. The van der Waals surface area contributed by atoms with Crippen molar-refractivity contribution in [2.45, 2.75) is 38.3 Å². The van der Waals surface area contributed by atoms with E-state index in [-0.39, 0.29) is 11.6 Å². The predicted octanol–water partition coefficient (Wildman–Crippen LogP) is 3.30. The molecule has 0 aromatic heterocycles. The fraction of sp³-hybridized carbons (Fsp3) is 0.600. The molecule has 0 bridgehead atoms. The summed E-state index contributed by atoms with van der Waals surface area (Å²) in [5.41, 5.74) is 2.82. The molecule has 0 saturated carbocycles. The van der Waals surface area contributed by atoms with Crippen LogP contribution < -0.4 is 5.32 Å². The first kappa shape index (κ1) is 13.9. The van der Waals surface area contributed by atoms with Crippen LogP contribution in [-0.2, 0) is 11.2 Å². The highest BCUT2D eigenvalue weighted by molar-refractivity contribution is 6.17. The zero-order chi connectivity index (χ0) is 13.0. The normalized spacial score (nSPS) is 19.6. The van der Waals surface area contributed by atoms with Gasteiger partial charge in [-0.15, -0.1) is 11.6 Å². The topological polar surface area (TPSA) is 21.3 Å². The van der Waals surface area contributed by atoms with Gasteiger partial charge in [0.05, 0.1) is 12.7 Å². The number of ether oxygens (including phenoxy) is 1. The molecule has 1 atom stereocenters. The second kappa shape index (κ2) is 6.05. The maximum absolute atomic E-state index is 5.88. The lowest BCUT2D eigenvalue weighted by atomic mass is 9.96. The van der Waals surface area contributed by atoms with Crippen LogP contribution in [0, 0.1) is 0 Å². The van der Waals surface area contributed by atoms with Crippen LogP contribution in [0.2, 0.25) is 0 Å². The molecule has 0 radical (unpaired) electrons. The Balaban J connectivity index is 1.99. The van der Waals surface area contributed by atoms with Gasteiger partial charge in [-0.05, 0) is 37.8 Å². The van der Waals surface area contributed by atoms with Crippen molar-refractivity contribution in [3.05, 3.63) is 35.4 Å². The summed E-state index contributed by atoms with van der Waals surface area (Å²) in [4.78, 5) is 0. The molecule has 2 nitrogen and oxygen atoms in total. The highest BCUT2D eigenvalue weighted by atomic mass is 35.5. The number of fused-ring (bicyclic) bond motifs is 1. The summed E-state index contributed by atoms with van der Waals surface area (Å²) in [6, 6.07) is 8.57. The van der Waals surface area contributed by atoms with Crippen molar-refractivity contribution in [3.8, 4) is 0 Å². The minimum Gasteiger partial charge on any atom is -0.372 e. The first-order chi connectivity index (χ1) is 8.62. The smallest absolute Gasteiger partial charge is 0.0952 e. The summed E-state index contributed by atoms with van der Waals surface area (Å²) in [5.74, 6) is 0.683. The SMILES string of the molecule is CC(C)(CCCl)NCC1OCCc2ccccc21. The van der Waals surface area contributed by atoms with Gasteiger partial charge in [0.2, 0.25) is 0 Å². The van der Waals surface area contributed by atoms with Crippen molar-refractivity contribution >= 4 is 11.6 Å². The molecule has 3 heteroatoms. The van der Waals surface area contributed by atoms with Crippen LogP contribution in [0.5, 0.6) is 0 Å². The maximum atomic E-state index is 5.88. The van der Waals surface area contributed by atoms with Crippen molar-refractivity contribution in [2.75, 3.05) is 19.0 Å². The molecule has 0 aliphatic carbocycles. The van der Waals surface area contributed by atoms with Crippen molar-refractivity contribution in [1.29, 1.82) is 0 Å². The molecule has 1 aliphatic rings. The van der Waals surface area contributed by atoms with Crippen molar-refractivity contribution < 1.29 is 4.74 Å². The molecule has 1 heterocycles. The van der Waals surface area contributed by atoms with E-state index >= 15 is 0 Å². The number of rotatable bonds is 5. The summed E-state index contributed by atoms with van der Waals surface area (Å²) in [5, 5.41) is 3.56. The molecule has 0 saturated heterocycles. The zero-order valence-electron chi connectivity index (χ0n) is 11.2. The minimum atomic E-state index is 0.0670. The molecule has 18 heavy (non-hydrogen) atoms. The average molecular weight is 268 g/mol. The summed E-state index contributed by atoms with van der Waals surface area (Å²) >= 11 is 5.82. The molecule has 0 amide bonds. The lowest BCUT2D eigenvalue weighted by molar-refractivity contribution is 0.0376. The lowest BCUT2D eigenvalue weighted by Crippen LogP contribution is -2.42. The Morgan fingerprint density at radius 3 is 2.94 bits per heavy atom. The van der Waals surface area contributed by atoms with Crippen molar-refractivity contribution in [1.82, 2.24) is 5.32 Å². The second-order valence-electron chi connectivity index (χ2n) is 5.51. The van der Waals surface area contributed by atoms with Gasteiger partial charge in [0.25, 0.3) is 0 Å². The standard InChI is InChI=1S/C15H22ClNO/c1-15(2,8-9-16)17-11-14-13-6-4-3-5-12(13)7-10-18-14/h3-6,14,17H,7-11H2,1-2H3. The van der Waals surface area contributed by atoms with Gasteiger partial charge >= 0.3 is 0 Å². The third-order valence-electron chi connectivity index (χ3n) is 3.58. The van der Waals surface area contributed by atoms with Gasteiger partial charge in [-0.2, -0.15) is 0 Å². The van der Waals surface area contributed by atoms with Crippen LogP contribution in [0.3, 0.4) is 0 Å². The summed E-state index contributed by atoms with van der Waals surface area (Å²) < 4.78 is 5.88. The fourth-order valence-electron chi connectivity index (χ4n) is 2.34. The first-order valence-electron chi connectivity index (χ1n) is 6.63. The highest BCUT2D eigenvalue weighted by Crippen LogP contribution is 2.26. The molecule has 0 spiro atoms. The van der Waals surface area contributed by atoms with Gasteiger partial charge in [-0.3, -0.25) is 0 Å². The lowest BCUT2D eigenvalue weighted by Gasteiger charge is -2.31. The Labute approximate surface area is 115 Å². The number of hydrogen-bond acceptors (Lipinski definition) is 2. The van der Waals surface area contributed by atoms with Gasteiger partial charge < -0.3 is 10.1 Å². The van der Waals surface area contributed by atoms with Crippen LogP contribution in [0.4, 0.5) is 0 Å². The summed E-state index contributed by atoms with van der Waals surface area (Å²) in [7, 11) is 0. The molecule has 1 aliphatic heterocycles. The molecular weight excluding hydrogens is 246 g/mol. The van der Waals surface area contributed by atoms with Crippen molar-refractivity contribution in [3.63, 3.8) is 0 Å². The Bertz CT molecular complexity index is 392. The van der Waals surface area contributed by atoms with Crippen LogP contribution in [-0.4, -0.2) is 24.6 Å². The molecule has 2 rings (SSSR count). The van der Waals surface area contributed by atoms with Crippen LogP contribution in [0.1, 0.15) is 37.5 Å². The summed E-state index contributed by atoms with van der Waals surface area (Å²) in [6.45, 7) is 6.04. The number of halogens is 1. The molecule has 1 aromatic rings. The van der Waals surface area contributed by atoms with Gasteiger partial charge in [0.1, 0.15) is 0 Å². The molecule has 0 fully saturated rings. The van der Waals surface area contributed by atoms with E-state index in [1.807, 2.05) is 0 Å². The van der Waals surface area contributed by atoms with E-state index in [0.29, 0.717) is 5.88 Å². The van der Waals surface area contributed by atoms with E-state index in [0.717, 1.165) is 26.0 Å². The molecule has 1 unspecified atom stereocenters. The van der Waals surface area contributed by atoms with E-state index in [9.17, 15) is 0 Å². The third kappa shape index (κ3) is 3.47. The molecular formula is C15H22ClNO. The number of alkyl halides is 1. The van der Waals surface area contributed by atoms with E-state index < -0.39 is 0 Å². The third-order valence-corrected chi connectivity index (χ3v) is 3.77. The van der Waals surface area contributed by atoms with Gasteiger partial charge in [-0.1, -0.05) is 24.3 Å². The number of benzene rings is 1. The fourth-order valence-corrected chi connectivity index (χ4v) is 2.81. The Hall–Kier alpha value is -0.570. The molecule has 1 N–H and O–H groups in total. The minimum absolute atomic E-state index is 0.0670. The van der Waals surface area contributed by atoms with Gasteiger partial charge in [0.15, 0.2) is 0 Å². The Kier molecular flexibility index (Phi) is 4.66. The quantitative estimate of drug-likeness (QED) is 0.827. The number of nitrogens with one attached hydrogen (secondary N) is 1. The second-order valence-corrected chi connectivity index (χ2v) is 5.89. The van der Waals surface area contributed by atoms with E-state index in [1.165, 1.54) is 11.1 Å². The maximum Gasteiger partial charge on any atom is 0.0952 e. The van der Waals surface area contributed by atoms with E-state index in [2.05, 4.69) is 43.4 Å². The first-order valence-corrected chi connectivity index (χ1v) is 7.16. The van der Waals surface area contributed by atoms with Crippen LogP contribution in [0.25, 0.3) is 0 Å². The van der Waals surface area contributed by atoms with Crippen molar-refractivity contribution in [2.24, 2.45) is 0 Å². The Morgan fingerprint density at radius 2 is 2.17 bits per heavy atom. The average Bonchev–Trinajstić information content (AvgIpc) is 2.36. The molecule has 1 aromatic carbocycles. The van der Waals surface area contributed by atoms with E-state index in [1.54, 1.807) is 0 Å².